The van der Waals surface area contributed by atoms with Gasteiger partial charge in [0.1, 0.15) is 0 Å². The maximum Gasteiger partial charge on any atom is 0.00683 e. The van der Waals surface area contributed by atoms with E-state index in [0.29, 0.717) is 0 Å². The van der Waals surface area contributed by atoms with Crippen LogP contribution in [0.5, 0.6) is 0 Å². The summed E-state index contributed by atoms with van der Waals surface area (Å²) in [6, 6.07) is 7.62. The van der Waals surface area contributed by atoms with E-state index in [0.717, 1.165) is 17.9 Å². The summed E-state index contributed by atoms with van der Waals surface area (Å²) in [7, 11) is 0. The molecule has 0 bridgehead atoms. The molecule has 1 heteroatoms. The first kappa shape index (κ1) is 10.3. The first-order valence-corrected chi connectivity index (χ1v) is 6.55. The van der Waals surface area contributed by atoms with Crippen LogP contribution >= 0.6 is 0 Å². The van der Waals surface area contributed by atoms with Crippen LogP contribution in [0.2, 0.25) is 0 Å². The normalized spacial score (nSPS) is 28.1. The molecule has 2 atom stereocenters. The Bertz CT molecular complexity index is 392. The molecule has 2 aliphatic rings. The summed E-state index contributed by atoms with van der Waals surface area (Å²) in [4.78, 5) is 0. The quantitative estimate of drug-likeness (QED) is 0.813. The lowest BCUT2D eigenvalue weighted by atomic mass is 9.99. The maximum absolute atomic E-state index is 3.65. The third-order valence-electron chi connectivity index (χ3n) is 4.21. The SMILES string of the molecule is Cc1cccc(C2CC2CNC2CC2)c1C. The van der Waals surface area contributed by atoms with Crippen molar-refractivity contribution in [3.8, 4) is 0 Å². The summed E-state index contributed by atoms with van der Waals surface area (Å²) < 4.78 is 0. The van der Waals surface area contributed by atoms with Crippen molar-refractivity contribution in [1.82, 2.24) is 5.32 Å². The standard InChI is InChI=1S/C15H21N/c1-10-4-3-5-14(11(10)2)15-8-12(15)9-16-13-6-7-13/h3-5,12-13,15-16H,6-9H2,1-2H3. The van der Waals surface area contributed by atoms with Gasteiger partial charge in [-0.2, -0.15) is 0 Å². The van der Waals surface area contributed by atoms with Gasteiger partial charge in [0.05, 0.1) is 0 Å². The molecule has 0 heterocycles. The Labute approximate surface area is 98.3 Å². The van der Waals surface area contributed by atoms with E-state index in [9.17, 15) is 0 Å². The Hall–Kier alpha value is -0.820. The second kappa shape index (κ2) is 3.89. The molecule has 16 heavy (non-hydrogen) atoms. The number of aryl methyl sites for hydroxylation is 1. The molecule has 0 spiro atoms. The van der Waals surface area contributed by atoms with Gasteiger partial charge in [-0.25, -0.2) is 0 Å². The molecule has 0 aromatic heterocycles. The summed E-state index contributed by atoms with van der Waals surface area (Å²) in [5, 5.41) is 3.65. The van der Waals surface area contributed by atoms with Gasteiger partial charge in [0, 0.05) is 6.04 Å². The van der Waals surface area contributed by atoms with Crippen molar-refractivity contribution in [2.75, 3.05) is 6.54 Å². The van der Waals surface area contributed by atoms with Crippen LogP contribution in [0, 0.1) is 19.8 Å². The molecular weight excluding hydrogens is 194 g/mol. The number of benzene rings is 1. The number of hydrogen-bond donors (Lipinski definition) is 1. The smallest absolute Gasteiger partial charge is 0.00683 e. The predicted molar refractivity (Wildman–Crippen MR) is 67.8 cm³/mol. The van der Waals surface area contributed by atoms with Crippen LogP contribution in [0.3, 0.4) is 0 Å². The average Bonchev–Trinajstić information content (AvgIpc) is 3.13. The Balaban J connectivity index is 1.63. The van der Waals surface area contributed by atoms with Crippen LogP contribution < -0.4 is 5.32 Å². The van der Waals surface area contributed by atoms with Crippen LogP contribution in [0.15, 0.2) is 18.2 Å². The number of nitrogens with one attached hydrogen (secondary N) is 1. The summed E-state index contributed by atoms with van der Waals surface area (Å²) >= 11 is 0. The van der Waals surface area contributed by atoms with Gasteiger partial charge in [-0.15, -0.1) is 0 Å². The molecule has 1 aromatic rings. The Morgan fingerprint density at radius 2 is 2.06 bits per heavy atom. The van der Waals surface area contributed by atoms with Gasteiger partial charge in [0.15, 0.2) is 0 Å². The van der Waals surface area contributed by atoms with E-state index in [-0.39, 0.29) is 0 Å². The molecule has 86 valence electrons. The zero-order valence-electron chi connectivity index (χ0n) is 10.3. The zero-order valence-corrected chi connectivity index (χ0v) is 10.3. The van der Waals surface area contributed by atoms with Gasteiger partial charge in [-0.05, 0) is 68.2 Å². The molecular formula is C15H21N. The second-order valence-corrected chi connectivity index (χ2v) is 5.57. The van der Waals surface area contributed by atoms with E-state index in [2.05, 4.69) is 37.4 Å². The Morgan fingerprint density at radius 1 is 1.25 bits per heavy atom. The van der Waals surface area contributed by atoms with Crippen LogP contribution in [0.1, 0.15) is 41.9 Å². The fourth-order valence-corrected chi connectivity index (χ4v) is 2.64. The van der Waals surface area contributed by atoms with Crippen molar-refractivity contribution in [1.29, 1.82) is 0 Å². The number of rotatable bonds is 4. The molecule has 1 aromatic carbocycles. The molecule has 2 unspecified atom stereocenters. The highest BCUT2D eigenvalue weighted by Gasteiger charge is 2.39. The largest absolute Gasteiger partial charge is 0.314 e. The van der Waals surface area contributed by atoms with Crippen LogP contribution in [0.25, 0.3) is 0 Å². The molecule has 3 rings (SSSR count). The summed E-state index contributed by atoms with van der Waals surface area (Å²) in [6.45, 7) is 5.73. The second-order valence-electron chi connectivity index (χ2n) is 5.57. The lowest BCUT2D eigenvalue weighted by molar-refractivity contribution is 0.623. The summed E-state index contributed by atoms with van der Waals surface area (Å²) in [5.74, 6) is 1.74. The molecule has 2 saturated carbocycles. The lowest BCUT2D eigenvalue weighted by Gasteiger charge is -2.08. The third-order valence-corrected chi connectivity index (χ3v) is 4.21. The van der Waals surface area contributed by atoms with E-state index in [1.807, 2.05) is 0 Å². The van der Waals surface area contributed by atoms with Gasteiger partial charge in [0.25, 0.3) is 0 Å². The van der Waals surface area contributed by atoms with Gasteiger partial charge in [-0.1, -0.05) is 18.2 Å². The van der Waals surface area contributed by atoms with E-state index in [4.69, 9.17) is 0 Å². The van der Waals surface area contributed by atoms with E-state index >= 15 is 0 Å². The van der Waals surface area contributed by atoms with Crippen molar-refractivity contribution in [3.05, 3.63) is 34.9 Å². The van der Waals surface area contributed by atoms with Gasteiger partial charge in [-0.3, -0.25) is 0 Å². The summed E-state index contributed by atoms with van der Waals surface area (Å²) in [6.07, 6.45) is 4.20. The summed E-state index contributed by atoms with van der Waals surface area (Å²) in [5.41, 5.74) is 4.56. The highest BCUT2D eigenvalue weighted by atomic mass is 15.0. The van der Waals surface area contributed by atoms with Gasteiger partial charge >= 0.3 is 0 Å². The predicted octanol–water partition coefficient (Wildman–Crippen LogP) is 3.16. The fourth-order valence-electron chi connectivity index (χ4n) is 2.64. The Kier molecular flexibility index (Phi) is 2.51. The molecule has 1 nitrogen and oxygen atoms in total. The fraction of sp³-hybridized carbons (Fsp3) is 0.600. The molecule has 0 amide bonds. The van der Waals surface area contributed by atoms with Gasteiger partial charge in [0.2, 0.25) is 0 Å². The maximum atomic E-state index is 3.65. The third kappa shape index (κ3) is 2.01. The number of hydrogen-bond acceptors (Lipinski definition) is 1. The molecule has 1 N–H and O–H groups in total. The minimum absolute atomic E-state index is 0.839. The van der Waals surface area contributed by atoms with Gasteiger partial charge < -0.3 is 5.32 Å². The first-order chi connectivity index (χ1) is 7.75. The molecule has 0 saturated heterocycles. The van der Waals surface area contributed by atoms with Crippen molar-refractivity contribution in [2.45, 2.75) is 45.1 Å². The monoisotopic (exact) mass is 215 g/mol. The Morgan fingerprint density at radius 3 is 2.81 bits per heavy atom. The topological polar surface area (TPSA) is 12.0 Å². The lowest BCUT2D eigenvalue weighted by Crippen LogP contribution is -2.19. The van der Waals surface area contributed by atoms with Crippen LogP contribution in [-0.2, 0) is 0 Å². The first-order valence-electron chi connectivity index (χ1n) is 6.55. The zero-order chi connectivity index (χ0) is 11.1. The van der Waals surface area contributed by atoms with Crippen molar-refractivity contribution < 1.29 is 0 Å². The minimum atomic E-state index is 0.839. The molecule has 2 fully saturated rings. The highest BCUT2D eigenvalue weighted by Crippen LogP contribution is 2.48. The van der Waals surface area contributed by atoms with Crippen LogP contribution in [-0.4, -0.2) is 12.6 Å². The molecule has 0 aliphatic heterocycles. The van der Waals surface area contributed by atoms with E-state index < -0.39 is 0 Å². The van der Waals surface area contributed by atoms with Crippen molar-refractivity contribution in [2.24, 2.45) is 5.92 Å². The molecule has 0 radical (unpaired) electrons. The van der Waals surface area contributed by atoms with E-state index in [1.165, 1.54) is 36.9 Å². The van der Waals surface area contributed by atoms with Crippen molar-refractivity contribution >= 4 is 0 Å². The average molecular weight is 215 g/mol. The molecule has 2 aliphatic carbocycles. The van der Waals surface area contributed by atoms with E-state index in [1.54, 1.807) is 5.56 Å². The minimum Gasteiger partial charge on any atom is -0.314 e. The van der Waals surface area contributed by atoms with Crippen molar-refractivity contribution in [3.63, 3.8) is 0 Å². The van der Waals surface area contributed by atoms with Crippen LogP contribution in [0.4, 0.5) is 0 Å². The highest BCUT2D eigenvalue weighted by molar-refractivity contribution is 5.38.